The van der Waals surface area contributed by atoms with E-state index in [4.69, 9.17) is 4.74 Å². The smallest absolute Gasteiger partial charge is 0.261 e. The molecule has 0 bridgehead atoms. The van der Waals surface area contributed by atoms with Crippen LogP contribution >= 0.6 is 0 Å². The number of ether oxygens (including phenoxy) is 1. The number of rotatable bonds is 3. The maximum absolute atomic E-state index is 12.0. The number of carbonyl (C=O) groups is 1. The van der Waals surface area contributed by atoms with Gasteiger partial charge in [0.05, 0.1) is 6.10 Å². The first-order valence-electron chi connectivity index (χ1n) is 7.56. The van der Waals surface area contributed by atoms with Crippen molar-refractivity contribution in [3.05, 3.63) is 29.3 Å². The zero-order valence-electron chi connectivity index (χ0n) is 13.3. The molecule has 21 heavy (non-hydrogen) atoms. The molecule has 1 aromatic carbocycles. The van der Waals surface area contributed by atoms with Gasteiger partial charge in [-0.1, -0.05) is 6.07 Å². The van der Waals surface area contributed by atoms with Crippen molar-refractivity contribution >= 4 is 5.91 Å². The number of aliphatic hydroxyl groups excluding tert-OH is 1. The first-order chi connectivity index (χ1) is 9.76. The molecule has 4 nitrogen and oxygen atoms in total. The summed E-state index contributed by atoms with van der Waals surface area (Å²) < 4.78 is 5.71. The van der Waals surface area contributed by atoms with Crippen molar-refractivity contribution in [1.82, 2.24) is 5.32 Å². The lowest BCUT2D eigenvalue weighted by Crippen LogP contribution is -2.46. The van der Waals surface area contributed by atoms with Crippen LogP contribution in [0.15, 0.2) is 18.2 Å². The maximum atomic E-state index is 12.0. The van der Waals surface area contributed by atoms with Crippen LogP contribution in [0, 0.1) is 0 Å². The lowest BCUT2D eigenvalue weighted by Gasteiger charge is -2.25. The Morgan fingerprint density at radius 2 is 2.14 bits per heavy atom. The summed E-state index contributed by atoms with van der Waals surface area (Å²) in [5.74, 6) is 0.493. The third-order valence-corrected chi connectivity index (χ3v) is 3.58. The Kier molecular flexibility index (Phi) is 4.57. The molecular weight excluding hydrogens is 266 g/mol. The summed E-state index contributed by atoms with van der Waals surface area (Å²) in [5, 5.41) is 12.9. The molecule has 2 rings (SSSR count). The van der Waals surface area contributed by atoms with Gasteiger partial charge < -0.3 is 15.2 Å². The molecule has 0 radical (unpaired) electrons. The van der Waals surface area contributed by atoms with Crippen LogP contribution in [0.25, 0.3) is 0 Å². The summed E-state index contributed by atoms with van der Waals surface area (Å²) in [5.41, 5.74) is 1.83. The summed E-state index contributed by atoms with van der Waals surface area (Å²) in [6.07, 6.45) is 1.81. The number of aryl methyl sites for hydroxylation is 1. The minimum Gasteiger partial charge on any atom is -0.481 e. The Balaban J connectivity index is 2.06. The van der Waals surface area contributed by atoms with Crippen LogP contribution in [-0.4, -0.2) is 22.7 Å². The summed E-state index contributed by atoms with van der Waals surface area (Å²) >= 11 is 0. The molecule has 0 aromatic heterocycles. The number of fused-ring (bicyclic) bond motifs is 1. The van der Waals surface area contributed by atoms with Crippen molar-refractivity contribution in [3.63, 3.8) is 0 Å². The van der Waals surface area contributed by atoms with Crippen molar-refractivity contribution in [2.75, 3.05) is 0 Å². The highest BCUT2D eigenvalue weighted by atomic mass is 16.5. The van der Waals surface area contributed by atoms with Crippen LogP contribution in [0.1, 0.15) is 57.8 Å². The number of amides is 1. The molecule has 116 valence electrons. The molecular formula is C17H25NO3. The number of aliphatic hydroxyl groups is 1. The first kappa shape index (κ1) is 15.8. The Bertz CT molecular complexity index is 519. The molecule has 1 aliphatic rings. The summed E-state index contributed by atoms with van der Waals surface area (Å²) in [6.45, 7) is 7.55. The van der Waals surface area contributed by atoms with Gasteiger partial charge in [0.2, 0.25) is 0 Å². The highest BCUT2D eigenvalue weighted by molar-refractivity contribution is 5.81. The van der Waals surface area contributed by atoms with Crippen molar-refractivity contribution in [1.29, 1.82) is 0 Å². The van der Waals surface area contributed by atoms with Crippen LogP contribution in [0.5, 0.6) is 5.75 Å². The van der Waals surface area contributed by atoms with E-state index in [1.54, 1.807) is 6.92 Å². The molecule has 1 aromatic rings. The monoisotopic (exact) mass is 291 g/mol. The second-order valence-electron chi connectivity index (χ2n) is 6.77. The van der Waals surface area contributed by atoms with Gasteiger partial charge in [0.25, 0.3) is 5.91 Å². The molecule has 2 atom stereocenters. The van der Waals surface area contributed by atoms with E-state index in [-0.39, 0.29) is 11.4 Å². The average molecular weight is 291 g/mol. The van der Waals surface area contributed by atoms with Gasteiger partial charge in [0.1, 0.15) is 5.75 Å². The van der Waals surface area contributed by atoms with Gasteiger partial charge in [0.15, 0.2) is 6.10 Å². The fourth-order valence-corrected chi connectivity index (χ4v) is 2.55. The molecule has 0 aliphatic heterocycles. The Hall–Kier alpha value is -1.55. The number of hydrogen-bond acceptors (Lipinski definition) is 3. The molecule has 0 fully saturated rings. The summed E-state index contributed by atoms with van der Waals surface area (Å²) in [4.78, 5) is 12.0. The molecule has 0 saturated carbocycles. The quantitative estimate of drug-likeness (QED) is 0.900. The molecule has 1 aliphatic carbocycles. The third-order valence-electron chi connectivity index (χ3n) is 3.58. The lowest BCUT2D eigenvalue weighted by atomic mass is 9.89. The first-order valence-corrected chi connectivity index (χ1v) is 7.56. The SMILES string of the molecule is CC(Oc1ccc2c(c1)[C@H](O)CCC2)C(=O)NC(C)(C)C. The standard InChI is InChI=1S/C17H25NO3/c1-11(16(20)18-17(2,3)4)21-13-9-8-12-6-5-7-15(19)14(12)10-13/h8-11,15,19H,5-7H2,1-4H3,(H,18,20)/t11?,15-/m1/s1. The van der Waals surface area contributed by atoms with Crippen molar-refractivity contribution in [3.8, 4) is 5.75 Å². The Morgan fingerprint density at radius 1 is 1.43 bits per heavy atom. The van der Waals surface area contributed by atoms with E-state index in [1.165, 1.54) is 5.56 Å². The molecule has 1 unspecified atom stereocenters. The normalized spacial score (nSPS) is 19.6. The number of nitrogens with one attached hydrogen (secondary N) is 1. The van der Waals surface area contributed by atoms with E-state index in [2.05, 4.69) is 5.32 Å². The van der Waals surface area contributed by atoms with E-state index in [0.717, 1.165) is 24.8 Å². The second-order valence-corrected chi connectivity index (χ2v) is 6.77. The fraction of sp³-hybridized carbons (Fsp3) is 0.588. The maximum Gasteiger partial charge on any atom is 0.261 e. The zero-order valence-corrected chi connectivity index (χ0v) is 13.3. The van der Waals surface area contributed by atoms with Crippen LogP contribution in [0.3, 0.4) is 0 Å². The predicted octanol–water partition coefficient (Wildman–Crippen LogP) is 2.74. The molecule has 0 saturated heterocycles. The van der Waals surface area contributed by atoms with Crippen LogP contribution in [0.2, 0.25) is 0 Å². The minimum absolute atomic E-state index is 0.138. The van der Waals surface area contributed by atoms with Gasteiger partial charge in [-0.25, -0.2) is 0 Å². The van der Waals surface area contributed by atoms with Gasteiger partial charge in [-0.3, -0.25) is 4.79 Å². The predicted molar refractivity (Wildman–Crippen MR) is 82.3 cm³/mol. The van der Waals surface area contributed by atoms with Gasteiger partial charge in [-0.05, 0) is 70.2 Å². The van der Waals surface area contributed by atoms with Gasteiger partial charge >= 0.3 is 0 Å². The van der Waals surface area contributed by atoms with Crippen LogP contribution in [-0.2, 0) is 11.2 Å². The zero-order chi connectivity index (χ0) is 15.6. The van der Waals surface area contributed by atoms with Crippen molar-refractivity contribution in [2.24, 2.45) is 0 Å². The topological polar surface area (TPSA) is 58.6 Å². The molecule has 4 heteroatoms. The fourth-order valence-electron chi connectivity index (χ4n) is 2.55. The van der Waals surface area contributed by atoms with Crippen LogP contribution in [0.4, 0.5) is 0 Å². The lowest BCUT2D eigenvalue weighted by molar-refractivity contribution is -0.128. The van der Waals surface area contributed by atoms with Gasteiger partial charge in [0, 0.05) is 5.54 Å². The van der Waals surface area contributed by atoms with E-state index < -0.39 is 12.2 Å². The molecule has 0 spiro atoms. The highest BCUT2D eigenvalue weighted by Gasteiger charge is 2.22. The number of carbonyl (C=O) groups excluding carboxylic acids is 1. The highest BCUT2D eigenvalue weighted by Crippen LogP contribution is 2.32. The van der Waals surface area contributed by atoms with Crippen LogP contribution < -0.4 is 10.1 Å². The minimum atomic E-state index is -0.567. The third kappa shape index (κ3) is 4.21. The van der Waals surface area contributed by atoms with E-state index >= 15 is 0 Å². The Labute approximate surface area is 126 Å². The second kappa shape index (κ2) is 6.06. The molecule has 2 N–H and O–H groups in total. The van der Waals surface area contributed by atoms with Gasteiger partial charge in [-0.2, -0.15) is 0 Å². The number of hydrogen-bond donors (Lipinski definition) is 2. The van der Waals surface area contributed by atoms with E-state index in [1.807, 2.05) is 39.0 Å². The molecule has 0 heterocycles. The van der Waals surface area contributed by atoms with Crippen molar-refractivity contribution in [2.45, 2.75) is 64.7 Å². The van der Waals surface area contributed by atoms with Crippen molar-refractivity contribution < 1.29 is 14.6 Å². The van der Waals surface area contributed by atoms with E-state index in [9.17, 15) is 9.90 Å². The molecule has 1 amide bonds. The summed E-state index contributed by atoms with van der Waals surface area (Å²) in [6, 6.07) is 5.72. The Morgan fingerprint density at radius 3 is 2.81 bits per heavy atom. The van der Waals surface area contributed by atoms with Gasteiger partial charge in [-0.15, -0.1) is 0 Å². The average Bonchev–Trinajstić information content (AvgIpc) is 2.37. The summed E-state index contributed by atoms with van der Waals surface area (Å²) in [7, 11) is 0. The number of benzene rings is 1. The largest absolute Gasteiger partial charge is 0.481 e. The van der Waals surface area contributed by atoms with E-state index in [0.29, 0.717) is 5.75 Å².